The predicted molar refractivity (Wildman–Crippen MR) is 82.5 cm³/mol. The van der Waals surface area contributed by atoms with Crippen molar-refractivity contribution in [1.82, 2.24) is 15.1 Å². The minimum Gasteiger partial charge on any atom is -0.374 e. The largest absolute Gasteiger partial charge is 0.374 e. The quantitative estimate of drug-likeness (QED) is 0.834. The summed E-state index contributed by atoms with van der Waals surface area (Å²) in [7, 11) is 3.98. The minimum absolute atomic E-state index is 0.209. The van der Waals surface area contributed by atoms with E-state index in [1.807, 2.05) is 25.7 Å². The number of ether oxygens (including phenoxy) is 1. The summed E-state index contributed by atoms with van der Waals surface area (Å²) in [6.45, 7) is 9.13. The van der Waals surface area contributed by atoms with Crippen LogP contribution in [0.1, 0.15) is 39.1 Å². The van der Waals surface area contributed by atoms with Crippen LogP contribution in [0.5, 0.6) is 0 Å². The van der Waals surface area contributed by atoms with E-state index in [1.54, 1.807) is 0 Å². The van der Waals surface area contributed by atoms with Gasteiger partial charge in [0.2, 0.25) is 0 Å². The van der Waals surface area contributed by atoms with Gasteiger partial charge in [-0.15, -0.1) is 0 Å². The molecular weight excluding hydrogens is 306 g/mol. The Balaban J connectivity index is 2.96. The number of aromatic nitrogens is 2. The van der Waals surface area contributed by atoms with Crippen LogP contribution >= 0.6 is 15.9 Å². The predicted octanol–water partition coefficient (Wildman–Crippen LogP) is 2.69. The topological polar surface area (TPSA) is 39.1 Å². The highest BCUT2D eigenvalue weighted by atomic mass is 79.9. The molecule has 1 aromatic rings. The summed E-state index contributed by atoms with van der Waals surface area (Å²) < 4.78 is 8.96. The zero-order chi connectivity index (χ0) is 14.6. The van der Waals surface area contributed by atoms with Crippen LogP contribution in [0.2, 0.25) is 0 Å². The average molecular weight is 332 g/mol. The van der Waals surface area contributed by atoms with Gasteiger partial charge in [0, 0.05) is 26.1 Å². The van der Waals surface area contributed by atoms with E-state index < -0.39 is 0 Å². The van der Waals surface area contributed by atoms with Gasteiger partial charge >= 0.3 is 0 Å². The van der Waals surface area contributed by atoms with Crippen molar-refractivity contribution >= 4 is 15.9 Å². The molecule has 5 heteroatoms. The van der Waals surface area contributed by atoms with Gasteiger partial charge in [-0.1, -0.05) is 6.92 Å². The molecule has 0 radical (unpaired) electrons. The van der Waals surface area contributed by atoms with Gasteiger partial charge in [0.05, 0.1) is 21.5 Å². The fraction of sp³-hybridized carbons (Fsp3) is 0.786. The number of halogens is 1. The van der Waals surface area contributed by atoms with Crippen LogP contribution in [0.3, 0.4) is 0 Å². The molecule has 19 heavy (non-hydrogen) atoms. The number of likely N-dealkylation sites (N-methyl/N-ethyl adjacent to an activating group) is 1. The summed E-state index contributed by atoms with van der Waals surface area (Å²) in [5.41, 5.74) is 2.12. The van der Waals surface area contributed by atoms with E-state index in [1.165, 1.54) is 5.69 Å². The lowest BCUT2D eigenvalue weighted by atomic mass is 9.94. The third-order valence-electron chi connectivity index (χ3n) is 3.60. The van der Waals surface area contributed by atoms with Crippen molar-refractivity contribution in [2.75, 3.05) is 13.7 Å². The Kier molecular flexibility index (Phi) is 6.02. The number of hydrogen-bond acceptors (Lipinski definition) is 3. The molecule has 0 spiro atoms. The Morgan fingerprint density at radius 2 is 2.05 bits per heavy atom. The van der Waals surface area contributed by atoms with Crippen molar-refractivity contribution in [2.24, 2.45) is 7.05 Å². The number of rotatable bonds is 7. The second-order valence-electron chi connectivity index (χ2n) is 5.27. The zero-order valence-electron chi connectivity index (χ0n) is 12.9. The molecule has 0 bridgehead atoms. The fourth-order valence-corrected chi connectivity index (χ4v) is 3.18. The van der Waals surface area contributed by atoms with Gasteiger partial charge in [0.25, 0.3) is 0 Å². The highest BCUT2D eigenvalue weighted by Crippen LogP contribution is 2.26. The van der Waals surface area contributed by atoms with E-state index >= 15 is 0 Å². The Bertz CT molecular complexity index is 415. The first kappa shape index (κ1) is 16.7. The standard InChI is InChI=1S/C14H26BrN3O/c1-7-10-13(15)11(18(6)17-10)9-12(16-5)14(3,4)19-8-2/h12,16H,7-9H2,1-6H3. The molecule has 0 aromatic carbocycles. The van der Waals surface area contributed by atoms with Gasteiger partial charge in [-0.25, -0.2) is 0 Å². The average Bonchev–Trinajstić information content (AvgIpc) is 2.61. The van der Waals surface area contributed by atoms with Gasteiger partial charge in [0.15, 0.2) is 0 Å². The van der Waals surface area contributed by atoms with E-state index in [9.17, 15) is 0 Å². The van der Waals surface area contributed by atoms with Crippen LogP contribution in [0.15, 0.2) is 4.47 Å². The van der Waals surface area contributed by atoms with Gasteiger partial charge in [0.1, 0.15) is 0 Å². The summed E-state index contributed by atoms with van der Waals surface area (Å²) >= 11 is 3.67. The summed E-state index contributed by atoms with van der Waals surface area (Å²) in [4.78, 5) is 0. The van der Waals surface area contributed by atoms with Crippen LogP contribution in [0.25, 0.3) is 0 Å². The normalized spacial score (nSPS) is 13.8. The van der Waals surface area contributed by atoms with E-state index in [0.29, 0.717) is 0 Å². The summed E-state index contributed by atoms with van der Waals surface area (Å²) in [6.07, 6.45) is 1.82. The third-order valence-corrected chi connectivity index (χ3v) is 4.52. The molecule has 0 amide bonds. The lowest BCUT2D eigenvalue weighted by Crippen LogP contribution is -2.48. The van der Waals surface area contributed by atoms with E-state index in [2.05, 4.69) is 47.1 Å². The Morgan fingerprint density at radius 3 is 2.47 bits per heavy atom. The molecule has 1 heterocycles. The highest BCUT2D eigenvalue weighted by Gasteiger charge is 2.30. The van der Waals surface area contributed by atoms with Crippen molar-refractivity contribution in [1.29, 1.82) is 0 Å². The summed E-state index contributed by atoms with van der Waals surface area (Å²) in [5.74, 6) is 0. The molecule has 0 fully saturated rings. The molecule has 0 saturated carbocycles. The maximum Gasteiger partial charge on any atom is 0.0782 e. The Hall–Kier alpha value is -0.390. The molecule has 1 N–H and O–H groups in total. The maximum atomic E-state index is 5.86. The second-order valence-corrected chi connectivity index (χ2v) is 6.06. The molecular formula is C14H26BrN3O. The maximum absolute atomic E-state index is 5.86. The lowest BCUT2D eigenvalue weighted by molar-refractivity contribution is -0.0367. The molecule has 0 aliphatic rings. The fourth-order valence-electron chi connectivity index (χ4n) is 2.40. The Morgan fingerprint density at radius 1 is 1.42 bits per heavy atom. The van der Waals surface area contributed by atoms with Crippen molar-refractivity contribution in [2.45, 2.75) is 52.2 Å². The van der Waals surface area contributed by atoms with Crippen LogP contribution in [0, 0.1) is 0 Å². The van der Waals surface area contributed by atoms with Gasteiger partial charge in [-0.3, -0.25) is 4.68 Å². The number of nitrogens with one attached hydrogen (secondary N) is 1. The molecule has 0 saturated heterocycles. The zero-order valence-corrected chi connectivity index (χ0v) is 14.5. The van der Waals surface area contributed by atoms with Crippen molar-refractivity contribution in [3.63, 3.8) is 0 Å². The van der Waals surface area contributed by atoms with E-state index in [4.69, 9.17) is 4.74 Å². The van der Waals surface area contributed by atoms with Crippen molar-refractivity contribution < 1.29 is 4.74 Å². The molecule has 0 aliphatic carbocycles. The molecule has 4 nitrogen and oxygen atoms in total. The number of nitrogens with zero attached hydrogens (tertiary/aromatic N) is 2. The van der Waals surface area contributed by atoms with Crippen LogP contribution < -0.4 is 5.32 Å². The van der Waals surface area contributed by atoms with Gasteiger partial charge in [-0.2, -0.15) is 5.10 Å². The number of aryl methyl sites for hydroxylation is 2. The van der Waals surface area contributed by atoms with E-state index in [0.717, 1.165) is 29.6 Å². The van der Waals surface area contributed by atoms with Gasteiger partial charge in [-0.05, 0) is 50.2 Å². The first-order valence-corrected chi connectivity index (χ1v) is 7.68. The van der Waals surface area contributed by atoms with Crippen LogP contribution in [0.4, 0.5) is 0 Å². The van der Waals surface area contributed by atoms with Crippen LogP contribution in [-0.4, -0.2) is 35.1 Å². The molecule has 1 aromatic heterocycles. The number of hydrogen-bond donors (Lipinski definition) is 1. The lowest BCUT2D eigenvalue weighted by Gasteiger charge is -2.34. The molecule has 110 valence electrons. The Labute approximate surface area is 125 Å². The first-order valence-electron chi connectivity index (χ1n) is 6.88. The molecule has 1 unspecified atom stereocenters. The minimum atomic E-state index is -0.209. The van der Waals surface area contributed by atoms with Crippen molar-refractivity contribution in [3.05, 3.63) is 15.9 Å². The van der Waals surface area contributed by atoms with E-state index in [-0.39, 0.29) is 11.6 Å². The summed E-state index contributed by atoms with van der Waals surface area (Å²) in [6, 6.07) is 0.240. The van der Waals surface area contributed by atoms with Crippen LogP contribution in [-0.2, 0) is 24.6 Å². The SMILES string of the molecule is CCOC(C)(C)C(Cc1c(Br)c(CC)nn1C)NC. The highest BCUT2D eigenvalue weighted by molar-refractivity contribution is 9.10. The molecule has 1 atom stereocenters. The van der Waals surface area contributed by atoms with Gasteiger partial charge < -0.3 is 10.1 Å². The summed E-state index contributed by atoms with van der Waals surface area (Å²) in [5, 5.41) is 7.92. The molecule has 0 aliphatic heterocycles. The third kappa shape index (κ3) is 3.80. The smallest absolute Gasteiger partial charge is 0.0782 e. The second kappa shape index (κ2) is 6.86. The molecule has 1 rings (SSSR count). The first-order chi connectivity index (χ1) is 8.87. The van der Waals surface area contributed by atoms with Crippen molar-refractivity contribution in [3.8, 4) is 0 Å². The monoisotopic (exact) mass is 331 g/mol.